The van der Waals surface area contributed by atoms with Gasteiger partial charge in [-0.3, -0.25) is 4.79 Å². The second-order valence-corrected chi connectivity index (χ2v) is 6.49. The molecule has 2 unspecified atom stereocenters. The lowest BCUT2D eigenvalue weighted by Crippen LogP contribution is -2.20. The Morgan fingerprint density at radius 3 is 2.86 bits per heavy atom. The van der Waals surface area contributed by atoms with E-state index >= 15 is 0 Å². The van der Waals surface area contributed by atoms with Crippen LogP contribution in [0.3, 0.4) is 0 Å². The van der Waals surface area contributed by atoms with Crippen molar-refractivity contribution in [2.75, 3.05) is 0 Å². The SMILES string of the molecule is CC(C)n1c(C2CCCC2C(=O)O)nc2cc(Cl)ccc21. The van der Waals surface area contributed by atoms with Gasteiger partial charge in [-0.05, 0) is 44.9 Å². The monoisotopic (exact) mass is 306 g/mol. The Morgan fingerprint density at radius 1 is 1.43 bits per heavy atom. The molecule has 4 nitrogen and oxygen atoms in total. The van der Waals surface area contributed by atoms with Gasteiger partial charge in [0.1, 0.15) is 5.82 Å². The van der Waals surface area contributed by atoms with E-state index in [1.165, 1.54) is 0 Å². The number of aliphatic carboxylic acids is 1. The molecule has 0 bridgehead atoms. The Labute approximate surface area is 128 Å². The smallest absolute Gasteiger partial charge is 0.307 e. The second-order valence-electron chi connectivity index (χ2n) is 6.05. The van der Waals surface area contributed by atoms with Crippen LogP contribution >= 0.6 is 11.6 Å². The molecule has 5 heteroatoms. The summed E-state index contributed by atoms with van der Waals surface area (Å²) in [4.78, 5) is 16.2. The van der Waals surface area contributed by atoms with Crippen LogP contribution in [0.2, 0.25) is 5.02 Å². The first kappa shape index (κ1) is 14.4. The van der Waals surface area contributed by atoms with E-state index in [4.69, 9.17) is 16.6 Å². The first-order valence-corrected chi connectivity index (χ1v) is 7.77. The molecule has 21 heavy (non-hydrogen) atoms. The molecule has 1 aromatic heterocycles. The number of imidazole rings is 1. The van der Waals surface area contributed by atoms with E-state index < -0.39 is 5.97 Å². The molecule has 0 saturated heterocycles. The molecule has 1 fully saturated rings. The van der Waals surface area contributed by atoms with Gasteiger partial charge in [0.05, 0.1) is 17.0 Å². The maximum atomic E-state index is 11.5. The van der Waals surface area contributed by atoms with Gasteiger partial charge in [-0.15, -0.1) is 0 Å². The quantitative estimate of drug-likeness (QED) is 0.922. The fourth-order valence-electron chi connectivity index (χ4n) is 3.46. The number of rotatable bonds is 3. The molecule has 1 N–H and O–H groups in total. The normalized spacial score (nSPS) is 22.3. The predicted octanol–water partition coefficient (Wildman–Crippen LogP) is 4.24. The lowest BCUT2D eigenvalue weighted by atomic mass is 9.95. The number of fused-ring (bicyclic) bond motifs is 1. The maximum Gasteiger partial charge on any atom is 0.307 e. The van der Waals surface area contributed by atoms with Gasteiger partial charge in [0.2, 0.25) is 0 Å². The number of nitrogens with zero attached hydrogens (tertiary/aromatic N) is 2. The second kappa shape index (κ2) is 5.34. The Morgan fingerprint density at radius 2 is 2.19 bits per heavy atom. The Balaban J connectivity index is 2.17. The zero-order chi connectivity index (χ0) is 15.1. The summed E-state index contributed by atoms with van der Waals surface area (Å²) in [5.41, 5.74) is 1.88. The van der Waals surface area contributed by atoms with Crippen molar-refractivity contribution < 1.29 is 9.90 Å². The molecule has 3 rings (SSSR count). The third-order valence-corrected chi connectivity index (χ3v) is 4.60. The van der Waals surface area contributed by atoms with Crippen molar-refractivity contribution in [2.45, 2.75) is 45.1 Å². The van der Waals surface area contributed by atoms with Crippen LogP contribution in [0, 0.1) is 5.92 Å². The van der Waals surface area contributed by atoms with Gasteiger partial charge in [-0.1, -0.05) is 18.0 Å². The number of carboxylic acids is 1. The Kier molecular flexibility index (Phi) is 3.66. The molecule has 112 valence electrons. The van der Waals surface area contributed by atoms with Crippen LogP contribution < -0.4 is 0 Å². The van der Waals surface area contributed by atoms with E-state index in [-0.39, 0.29) is 17.9 Å². The summed E-state index contributed by atoms with van der Waals surface area (Å²) in [7, 11) is 0. The summed E-state index contributed by atoms with van der Waals surface area (Å²) < 4.78 is 2.16. The molecule has 0 spiro atoms. The standard InChI is InChI=1S/C16H19ClN2O2/c1-9(2)19-14-7-6-10(17)8-13(14)18-15(19)11-4-3-5-12(11)16(20)21/h6-9,11-12H,3-5H2,1-2H3,(H,20,21). The summed E-state index contributed by atoms with van der Waals surface area (Å²) in [5.74, 6) is -0.143. The molecule has 0 radical (unpaired) electrons. The molecular weight excluding hydrogens is 288 g/mol. The van der Waals surface area contributed by atoms with Crippen molar-refractivity contribution in [3.05, 3.63) is 29.0 Å². The minimum Gasteiger partial charge on any atom is -0.481 e. The summed E-state index contributed by atoms with van der Waals surface area (Å²) >= 11 is 6.06. The minimum atomic E-state index is -0.710. The first-order valence-electron chi connectivity index (χ1n) is 7.39. The van der Waals surface area contributed by atoms with Gasteiger partial charge in [0.15, 0.2) is 0 Å². The number of aromatic nitrogens is 2. The van der Waals surface area contributed by atoms with E-state index in [0.717, 1.165) is 36.1 Å². The number of hydrogen-bond acceptors (Lipinski definition) is 2. The largest absolute Gasteiger partial charge is 0.481 e. The fraction of sp³-hybridized carbons (Fsp3) is 0.500. The van der Waals surface area contributed by atoms with Gasteiger partial charge in [0.25, 0.3) is 0 Å². The van der Waals surface area contributed by atoms with Crippen molar-refractivity contribution in [1.29, 1.82) is 0 Å². The van der Waals surface area contributed by atoms with E-state index in [2.05, 4.69) is 18.4 Å². The highest BCUT2D eigenvalue weighted by Gasteiger charge is 2.37. The lowest BCUT2D eigenvalue weighted by Gasteiger charge is -2.20. The molecule has 2 aromatic rings. The number of halogens is 1. The molecule has 1 saturated carbocycles. The predicted molar refractivity (Wildman–Crippen MR) is 82.8 cm³/mol. The summed E-state index contributed by atoms with van der Waals surface area (Å²) in [6.45, 7) is 4.20. The number of hydrogen-bond donors (Lipinski definition) is 1. The van der Waals surface area contributed by atoms with Crippen LogP contribution in [0.25, 0.3) is 11.0 Å². The van der Waals surface area contributed by atoms with Crippen molar-refractivity contribution in [1.82, 2.24) is 9.55 Å². The molecule has 1 heterocycles. The van der Waals surface area contributed by atoms with Gasteiger partial charge in [-0.25, -0.2) is 4.98 Å². The molecule has 0 aliphatic heterocycles. The molecule has 1 aromatic carbocycles. The highest BCUT2D eigenvalue weighted by Crippen LogP contribution is 2.41. The van der Waals surface area contributed by atoms with E-state index in [1.807, 2.05) is 18.2 Å². The average molecular weight is 307 g/mol. The molecule has 1 aliphatic rings. The number of carbonyl (C=O) groups is 1. The van der Waals surface area contributed by atoms with E-state index in [9.17, 15) is 9.90 Å². The highest BCUT2D eigenvalue weighted by molar-refractivity contribution is 6.31. The van der Waals surface area contributed by atoms with Crippen molar-refractivity contribution >= 4 is 28.6 Å². The summed E-state index contributed by atoms with van der Waals surface area (Å²) in [6.07, 6.45) is 2.58. The van der Waals surface area contributed by atoms with Crippen molar-refractivity contribution in [2.24, 2.45) is 5.92 Å². The maximum absolute atomic E-state index is 11.5. The Hall–Kier alpha value is -1.55. The van der Waals surface area contributed by atoms with Crippen LogP contribution in [0.1, 0.15) is 50.9 Å². The first-order chi connectivity index (χ1) is 9.99. The van der Waals surface area contributed by atoms with Crippen LogP contribution in [0.15, 0.2) is 18.2 Å². The van der Waals surface area contributed by atoms with E-state index in [1.54, 1.807) is 0 Å². The third kappa shape index (κ3) is 2.42. The fourth-order valence-corrected chi connectivity index (χ4v) is 3.63. The summed E-state index contributed by atoms with van der Waals surface area (Å²) in [6, 6.07) is 5.92. The van der Waals surface area contributed by atoms with Gasteiger partial charge < -0.3 is 9.67 Å². The van der Waals surface area contributed by atoms with E-state index in [0.29, 0.717) is 5.02 Å². The minimum absolute atomic E-state index is 0.00363. The van der Waals surface area contributed by atoms with Crippen molar-refractivity contribution in [3.63, 3.8) is 0 Å². The van der Waals surface area contributed by atoms with Crippen LogP contribution in [-0.4, -0.2) is 20.6 Å². The molecule has 0 amide bonds. The molecule has 1 aliphatic carbocycles. The molecule has 2 atom stereocenters. The zero-order valence-electron chi connectivity index (χ0n) is 12.2. The lowest BCUT2D eigenvalue weighted by molar-refractivity contribution is -0.142. The van der Waals surface area contributed by atoms with Crippen LogP contribution in [0.4, 0.5) is 0 Å². The van der Waals surface area contributed by atoms with Gasteiger partial charge in [0, 0.05) is 17.0 Å². The summed E-state index contributed by atoms with van der Waals surface area (Å²) in [5, 5.41) is 10.1. The number of benzene rings is 1. The average Bonchev–Trinajstić information content (AvgIpc) is 3.01. The highest BCUT2D eigenvalue weighted by atomic mass is 35.5. The Bertz CT molecular complexity index is 693. The topological polar surface area (TPSA) is 55.1 Å². The molecular formula is C16H19ClN2O2. The zero-order valence-corrected chi connectivity index (χ0v) is 13.0. The van der Waals surface area contributed by atoms with Gasteiger partial charge >= 0.3 is 5.97 Å². The van der Waals surface area contributed by atoms with Crippen molar-refractivity contribution in [3.8, 4) is 0 Å². The third-order valence-electron chi connectivity index (χ3n) is 4.36. The van der Waals surface area contributed by atoms with Crippen LogP contribution in [0.5, 0.6) is 0 Å². The number of carboxylic acid groups (broad SMARTS) is 1. The van der Waals surface area contributed by atoms with Crippen LogP contribution in [-0.2, 0) is 4.79 Å². The van der Waals surface area contributed by atoms with Gasteiger partial charge in [-0.2, -0.15) is 0 Å².